The van der Waals surface area contributed by atoms with E-state index in [0.29, 0.717) is 0 Å². The van der Waals surface area contributed by atoms with Crippen molar-refractivity contribution in [1.29, 1.82) is 0 Å². The molecule has 0 spiro atoms. The Morgan fingerprint density at radius 2 is 2.36 bits per heavy atom. The number of nitrogens with zero attached hydrogens (tertiary/aromatic N) is 1. The van der Waals surface area contributed by atoms with Gasteiger partial charge in [-0.25, -0.2) is 0 Å². The lowest BCUT2D eigenvalue weighted by atomic mass is 10.2. The lowest BCUT2D eigenvalue weighted by Crippen LogP contribution is -2.33. The van der Waals surface area contributed by atoms with Crippen LogP contribution in [0.4, 0.5) is 0 Å². The molecular formula is C10H10BrNOS. The fraction of sp³-hybridized carbons (Fsp3) is 0.300. The Bertz CT molecular complexity index is 372. The molecule has 2 rings (SSSR count). The van der Waals surface area contributed by atoms with E-state index in [1.54, 1.807) is 0 Å². The first-order chi connectivity index (χ1) is 6.77. The highest BCUT2D eigenvalue weighted by molar-refractivity contribution is 9.10. The normalized spacial score (nSPS) is 15.9. The van der Waals surface area contributed by atoms with E-state index in [0.717, 1.165) is 28.9 Å². The van der Waals surface area contributed by atoms with Crippen molar-refractivity contribution < 1.29 is 4.79 Å². The maximum absolute atomic E-state index is 11.9. The van der Waals surface area contributed by atoms with Crippen LogP contribution < -0.4 is 0 Å². The molecule has 74 valence electrons. The highest BCUT2D eigenvalue weighted by Gasteiger charge is 2.17. The van der Waals surface area contributed by atoms with Gasteiger partial charge in [-0.05, 0) is 28.4 Å². The Balaban J connectivity index is 2.11. The zero-order chi connectivity index (χ0) is 9.97. The molecule has 0 radical (unpaired) electrons. The summed E-state index contributed by atoms with van der Waals surface area (Å²) >= 11 is 4.84. The number of halogens is 1. The van der Waals surface area contributed by atoms with Gasteiger partial charge in [0.15, 0.2) is 0 Å². The molecule has 0 bridgehead atoms. The maximum atomic E-state index is 11.9. The molecule has 0 fully saturated rings. The molecule has 2 heterocycles. The van der Waals surface area contributed by atoms with Gasteiger partial charge in [0.05, 0.1) is 4.88 Å². The third-order valence-electron chi connectivity index (χ3n) is 2.12. The van der Waals surface area contributed by atoms with E-state index < -0.39 is 0 Å². The number of hydrogen-bond acceptors (Lipinski definition) is 2. The van der Waals surface area contributed by atoms with Crippen LogP contribution in [0.5, 0.6) is 0 Å². The first-order valence-corrected chi connectivity index (χ1v) is 6.13. The minimum atomic E-state index is 0.144. The summed E-state index contributed by atoms with van der Waals surface area (Å²) in [6.07, 6.45) is 5.14. The number of carbonyl (C=O) groups excluding carboxylic acids is 1. The predicted molar refractivity (Wildman–Crippen MR) is 61.7 cm³/mol. The molecule has 1 aromatic heterocycles. The Morgan fingerprint density at radius 1 is 1.50 bits per heavy atom. The highest BCUT2D eigenvalue weighted by atomic mass is 79.9. The lowest BCUT2D eigenvalue weighted by Gasteiger charge is -2.22. The average molecular weight is 272 g/mol. The van der Waals surface area contributed by atoms with Crippen molar-refractivity contribution in [2.24, 2.45) is 0 Å². The van der Waals surface area contributed by atoms with Crippen LogP contribution >= 0.6 is 27.3 Å². The summed E-state index contributed by atoms with van der Waals surface area (Å²) in [6, 6.07) is 1.88. The second kappa shape index (κ2) is 4.28. The van der Waals surface area contributed by atoms with Gasteiger partial charge in [0.25, 0.3) is 5.91 Å². The van der Waals surface area contributed by atoms with Crippen LogP contribution in [0.15, 0.2) is 28.1 Å². The van der Waals surface area contributed by atoms with Crippen LogP contribution in [0.3, 0.4) is 0 Å². The topological polar surface area (TPSA) is 20.3 Å². The molecule has 0 aliphatic carbocycles. The van der Waals surface area contributed by atoms with Crippen LogP contribution in [0, 0.1) is 0 Å². The zero-order valence-electron chi connectivity index (χ0n) is 7.57. The average Bonchev–Trinajstić information content (AvgIpc) is 2.65. The molecule has 1 aliphatic rings. The highest BCUT2D eigenvalue weighted by Crippen LogP contribution is 2.21. The monoisotopic (exact) mass is 271 g/mol. The number of rotatable bonds is 1. The van der Waals surface area contributed by atoms with E-state index in [2.05, 4.69) is 22.0 Å². The smallest absolute Gasteiger partial charge is 0.264 e. The summed E-state index contributed by atoms with van der Waals surface area (Å²) in [7, 11) is 0. The van der Waals surface area contributed by atoms with Crippen LogP contribution in [0.2, 0.25) is 0 Å². The molecule has 0 atom stereocenters. The molecular weight excluding hydrogens is 262 g/mol. The third-order valence-corrected chi connectivity index (χ3v) is 3.80. The van der Waals surface area contributed by atoms with Crippen molar-refractivity contribution in [2.75, 3.05) is 13.1 Å². The fourth-order valence-electron chi connectivity index (χ4n) is 1.41. The number of amides is 1. The molecule has 14 heavy (non-hydrogen) atoms. The van der Waals surface area contributed by atoms with Crippen LogP contribution in [0.1, 0.15) is 16.1 Å². The van der Waals surface area contributed by atoms with Gasteiger partial charge in [0, 0.05) is 22.9 Å². The van der Waals surface area contributed by atoms with Crippen molar-refractivity contribution in [3.05, 3.63) is 32.9 Å². The van der Waals surface area contributed by atoms with Crippen LogP contribution in [0.25, 0.3) is 0 Å². The van der Waals surface area contributed by atoms with E-state index in [1.807, 2.05) is 22.4 Å². The minimum absolute atomic E-state index is 0.144. The summed E-state index contributed by atoms with van der Waals surface area (Å²) < 4.78 is 0.985. The Kier molecular flexibility index (Phi) is 3.03. The van der Waals surface area contributed by atoms with Gasteiger partial charge in [0.1, 0.15) is 0 Å². The Hall–Kier alpha value is -0.610. The van der Waals surface area contributed by atoms with Crippen molar-refractivity contribution in [2.45, 2.75) is 6.42 Å². The Labute approximate surface area is 95.4 Å². The van der Waals surface area contributed by atoms with E-state index in [4.69, 9.17) is 0 Å². The first kappa shape index (κ1) is 9.93. The number of hydrogen-bond donors (Lipinski definition) is 0. The zero-order valence-corrected chi connectivity index (χ0v) is 9.97. The van der Waals surface area contributed by atoms with Gasteiger partial charge in [-0.1, -0.05) is 12.2 Å². The SMILES string of the molecule is O=C(c1cc(Br)cs1)N1CC=CCC1. The third kappa shape index (κ3) is 2.07. The quantitative estimate of drug-likeness (QED) is 0.720. The summed E-state index contributed by atoms with van der Waals surface area (Å²) in [4.78, 5) is 14.6. The van der Waals surface area contributed by atoms with Gasteiger partial charge in [-0.2, -0.15) is 0 Å². The molecule has 0 saturated carbocycles. The van der Waals surface area contributed by atoms with Gasteiger partial charge < -0.3 is 4.90 Å². The van der Waals surface area contributed by atoms with E-state index in [-0.39, 0.29) is 5.91 Å². The van der Waals surface area contributed by atoms with E-state index in [9.17, 15) is 4.79 Å². The van der Waals surface area contributed by atoms with E-state index in [1.165, 1.54) is 11.3 Å². The molecule has 4 heteroatoms. The molecule has 0 N–H and O–H groups in total. The second-order valence-corrected chi connectivity index (χ2v) is 4.97. The van der Waals surface area contributed by atoms with E-state index >= 15 is 0 Å². The molecule has 0 aromatic carbocycles. The number of carbonyl (C=O) groups is 1. The summed E-state index contributed by atoms with van der Waals surface area (Å²) in [5, 5.41) is 1.94. The maximum Gasteiger partial charge on any atom is 0.264 e. The van der Waals surface area contributed by atoms with Crippen molar-refractivity contribution >= 4 is 33.2 Å². The molecule has 1 amide bonds. The number of thiophene rings is 1. The molecule has 0 unspecified atom stereocenters. The first-order valence-electron chi connectivity index (χ1n) is 4.45. The van der Waals surface area contributed by atoms with Crippen molar-refractivity contribution in [3.8, 4) is 0 Å². The Morgan fingerprint density at radius 3 is 2.93 bits per heavy atom. The van der Waals surface area contributed by atoms with Crippen LogP contribution in [-0.2, 0) is 0 Å². The van der Waals surface area contributed by atoms with Gasteiger partial charge in [0.2, 0.25) is 0 Å². The fourth-order valence-corrected chi connectivity index (χ4v) is 2.80. The standard InChI is InChI=1S/C10H10BrNOS/c11-8-6-9(14-7-8)10(13)12-4-2-1-3-5-12/h1-2,6-7H,3-5H2. The van der Waals surface area contributed by atoms with Crippen molar-refractivity contribution in [3.63, 3.8) is 0 Å². The predicted octanol–water partition coefficient (Wildman–Crippen LogP) is 2.91. The summed E-state index contributed by atoms with van der Waals surface area (Å²) in [5.74, 6) is 0.144. The lowest BCUT2D eigenvalue weighted by molar-refractivity contribution is 0.0776. The van der Waals surface area contributed by atoms with Gasteiger partial charge in [-0.15, -0.1) is 11.3 Å². The second-order valence-electron chi connectivity index (χ2n) is 3.14. The molecule has 1 aliphatic heterocycles. The van der Waals surface area contributed by atoms with Crippen molar-refractivity contribution in [1.82, 2.24) is 4.90 Å². The largest absolute Gasteiger partial charge is 0.334 e. The molecule has 0 saturated heterocycles. The molecule has 1 aromatic rings. The minimum Gasteiger partial charge on any atom is -0.334 e. The van der Waals surface area contributed by atoms with Gasteiger partial charge in [-0.3, -0.25) is 4.79 Å². The summed E-state index contributed by atoms with van der Waals surface area (Å²) in [5.41, 5.74) is 0. The van der Waals surface area contributed by atoms with Gasteiger partial charge >= 0.3 is 0 Å². The summed E-state index contributed by atoms with van der Waals surface area (Å²) in [6.45, 7) is 1.58. The van der Waals surface area contributed by atoms with Crippen LogP contribution in [-0.4, -0.2) is 23.9 Å². The molecule has 2 nitrogen and oxygen atoms in total.